The molecule has 0 unspecified atom stereocenters. The monoisotopic (exact) mass is 383 g/mol. The van der Waals surface area contributed by atoms with Crippen molar-refractivity contribution in [1.29, 1.82) is 0 Å². The number of amides is 2. The maximum atomic E-state index is 12.6. The third-order valence-corrected chi connectivity index (χ3v) is 5.83. The molecule has 26 heavy (non-hydrogen) atoms. The highest BCUT2D eigenvalue weighted by molar-refractivity contribution is 8.00. The van der Waals surface area contributed by atoms with Gasteiger partial charge in [0.05, 0.1) is 0 Å². The Morgan fingerprint density at radius 2 is 1.88 bits per heavy atom. The van der Waals surface area contributed by atoms with E-state index in [0.717, 1.165) is 15.6 Å². The topological polar surface area (TPSA) is 85.1 Å². The number of rotatable bonds is 6. The summed E-state index contributed by atoms with van der Waals surface area (Å²) in [7, 11) is 0. The third-order valence-electron chi connectivity index (χ3n) is 3.64. The SMILES string of the molecule is Cc1csc(SCc2ccccc2C(=O)Nc2ccc(C(N)=O)cc2)n1. The van der Waals surface area contributed by atoms with Gasteiger partial charge in [0.25, 0.3) is 5.91 Å². The fourth-order valence-corrected chi connectivity index (χ4v) is 4.18. The van der Waals surface area contributed by atoms with Crippen LogP contribution >= 0.6 is 23.1 Å². The molecule has 2 aromatic carbocycles. The summed E-state index contributed by atoms with van der Waals surface area (Å²) in [6, 6.07) is 14.0. The molecule has 0 aliphatic heterocycles. The van der Waals surface area contributed by atoms with Crippen LogP contribution in [-0.2, 0) is 5.75 Å². The van der Waals surface area contributed by atoms with Crippen LogP contribution < -0.4 is 11.1 Å². The predicted octanol–water partition coefficient (Wildman–Crippen LogP) is 4.10. The Hall–Kier alpha value is -2.64. The Labute approximate surface area is 159 Å². The third kappa shape index (κ3) is 4.50. The minimum atomic E-state index is -0.498. The summed E-state index contributed by atoms with van der Waals surface area (Å²) in [5.74, 6) is -0.0250. The molecule has 5 nitrogen and oxygen atoms in total. The Balaban J connectivity index is 1.71. The lowest BCUT2D eigenvalue weighted by atomic mass is 10.1. The van der Waals surface area contributed by atoms with Gasteiger partial charge < -0.3 is 11.1 Å². The van der Waals surface area contributed by atoms with E-state index in [1.807, 2.05) is 30.5 Å². The van der Waals surface area contributed by atoms with Gasteiger partial charge in [0, 0.05) is 33.6 Å². The summed E-state index contributed by atoms with van der Waals surface area (Å²) in [4.78, 5) is 28.2. The molecule has 0 atom stereocenters. The first-order chi connectivity index (χ1) is 12.5. The van der Waals surface area contributed by atoms with Crippen molar-refractivity contribution < 1.29 is 9.59 Å². The molecular formula is C19H17N3O2S2. The standard InChI is InChI=1S/C19H17N3O2S2/c1-12-10-25-19(21-12)26-11-14-4-2-3-5-16(14)18(24)22-15-8-6-13(7-9-15)17(20)23/h2-10H,11H2,1H3,(H2,20,23)(H,22,24). The molecule has 0 aliphatic rings. The van der Waals surface area contributed by atoms with Crippen LogP contribution in [0.3, 0.4) is 0 Å². The first-order valence-electron chi connectivity index (χ1n) is 7.87. The molecule has 132 valence electrons. The van der Waals surface area contributed by atoms with Crippen LogP contribution in [0.1, 0.15) is 32.0 Å². The molecule has 0 bridgehead atoms. The van der Waals surface area contributed by atoms with E-state index in [0.29, 0.717) is 22.6 Å². The van der Waals surface area contributed by atoms with Gasteiger partial charge in [-0.25, -0.2) is 4.98 Å². The summed E-state index contributed by atoms with van der Waals surface area (Å²) in [6.45, 7) is 1.96. The van der Waals surface area contributed by atoms with Crippen molar-refractivity contribution in [2.45, 2.75) is 17.0 Å². The number of carbonyl (C=O) groups excluding carboxylic acids is 2. The van der Waals surface area contributed by atoms with Gasteiger partial charge in [-0.1, -0.05) is 30.0 Å². The average molecular weight is 383 g/mol. The molecule has 0 aliphatic carbocycles. The average Bonchev–Trinajstić information content (AvgIpc) is 3.06. The summed E-state index contributed by atoms with van der Waals surface area (Å²) in [5, 5.41) is 4.86. The lowest BCUT2D eigenvalue weighted by Crippen LogP contribution is -2.15. The van der Waals surface area contributed by atoms with Crippen LogP contribution in [0.2, 0.25) is 0 Å². The Morgan fingerprint density at radius 3 is 2.54 bits per heavy atom. The minimum absolute atomic E-state index is 0.191. The largest absolute Gasteiger partial charge is 0.366 e. The van der Waals surface area contributed by atoms with Crippen LogP contribution in [0.25, 0.3) is 0 Å². The number of carbonyl (C=O) groups is 2. The smallest absolute Gasteiger partial charge is 0.255 e. The quantitative estimate of drug-likeness (QED) is 0.628. The lowest BCUT2D eigenvalue weighted by Gasteiger charge is -2.10. The highest BCUT2D eigenvalue weighted by atomic mass is 32.2. The number of aryl methyl sites for hydroxylation is 1. The highest BCUT2D eigenvalue weighted by Crippen LogP contribution is 2.27. The van der Waals surface area contributed by atoms with Crippen LogP contribution in [0.15, 0.2) is 58.3 Å². The van der Waals surface area contributed by atoms with E-state index in [1.54, 1.807) is 53.4 Å². The second-order valence-electron chi connectivity index (χ2n) is 5.60. The van der Waals surface area contributed by atoms with Gasteiger partial charge >= 0.3 is 0 Å². The minimum Gasteiger partial charge on any atom is -0.366 e. The molecule has 3 N–H and O–H groups in total. The van der Waals surface area contributed by atoms with Gasteiger partial charge in [0.15, 0.2) is 0 Å². The van der Waals surface area contributed by atoms with Crippen LogP contribution in [0.5, 0.6) is 0 Å². The summed E-state index contributed by atoms with van der Waals surface area (Å²) < 4.78 is 0.986. The molecule has 7 heteroatoms. The number of anilines is 1. The predicted molar refractivity (Wildman–Crippen MR) is 106 cm³/mol. The van der Waals surface area contributed by atoms with E-state index in [4.69, 9.17) is 5.73 Å². The number of benzene rings is 2. The maximum absolute atomic E-state index is 12.6. The molecule has 0 spiro atoms. The summed E-state index contributed by atoms with van der Waals surface area (Å²) in [5.41, 5.74) is 8.80. The number of nitrogens with zero attached hydrogens (tertiary/aromatic N) is 1. The molecule has 0 fully saturated rings. The lowest BCUT2D eigenvalue weighted by molar-refractivity contribution is 0.0998. The van der Waals surface area contributed by atoms with Crippen LogP contribution in [0.4, 0.5) is 5.69 Å². The van der Waals surface area contributed by atoms with Crippen molar-refractivity contribution in [2.75, 3.05) is 5.32 Å². The molecule has 0 radical (unpaired) electrons. The van der Waals surface area contributed by atoms with E-state index >= 15 is 0 Å². The molecule has 0 saturated heterocycles. The number of thioether (sulfide) groups is 1. The van der Waals surface area contributed by atoms with Gasteiger partial charge in [-0.3, -0.25) is 9.59 Å². The molecule has 3 rings (SSSR count). The summed E-state index contributed by atoms with van der Waals surface area (Å²) >= 11 is 3.22. The first kappa shape index (κ1) is 18.2. The molecule has 3 aromatic rings. The van der Waals surface area contributed by atoms with Crippen LogP contribution in [0, 0.1) is 6.92 Å². The second-order valence-corrected chi connectivity index (χ2v) is 7.68. The number of nitrogens with one attached hydrogen (secondary N) is 1. The zero-order valence-electron chi connectivity index (χ0n) is 14.1. The van der Waals surface area contributed by atoms with Gasteiger partial charge in [0.1, 0.15) is 4.34 Å². The number of hydrogen-bond donors (Lipinski definition) is 2. The fourth-order valence-electron chi connectivity index (χ4n) is 2.32. The maximum Gasteiger partial charge on any atom is 0.255 e. The number of aromatic nitrogens is 1. The van der Waals surface area contributed by atoms with Crippen molar-refractivity contribution in [3.63, 3.8) is 0 Å². The normalized spacial score (nSPS) is 10.5. The molecule has 0 saturated carbocycles. The zero-order chi connectivity index (χ0) is 18.5. The van der Waals surface area contributed by atoms with E-state index in [-0.39, 0.29) is 5.91 Å². The van der Waals surface area contributed by atoms with Crippen molar-refractivity contribution >= 4 is 40.6 Å². The number of hydrogen-bond acceptors (Lipinski definition) is 5. The number of thiazole rings is 1. The van der Waals surface area contributed by atoms with Gasteiger partial charge in [-0.15, -0.1) is 11.3 Å². The van der Waals surface area contributed by atoms with Crippen LogP contribution in [-0.4, -0.2) is 16.8 Å². The zero-order valence-corrected chi connectivity index (χ0v) is 15.7. The van der Waals surface area contributed by atoms with E-state index in [1.165, 1.54) is 0 Å². The van der Waals surface area contributed by atoms with Crippen molar-refractivity contribution in [3.8, 4) is 0 Å². The van der Waals surface area contributed by atoms with E-state index < -0.39 is 5.91 Å². The van der Waals surface area contributed by atoms with Gasteiger partial charge in [0.2, 0.25) is 5.91 Å². The van der Waals surface area contributed by atoms with Gasteiger partial charge in [-0.05, 0) is 42.8 Å². The second kappa shape index (κ2) is 8.16. The number of nitrogens with two attached hydrogens (primary N) is 1. The molecule has 2 amide bonds. The van der Waals surface area contributed by atoms with E-state index in [9.17, 15) is 9.59 Å². The molecule has 1 aromatic heterocycles. The Bertz CT molecular complexity index is 936. The Kier molecular flexibility index (Phi) is 5.70. The molecule has 1 heterocycles. The van der Waals surface area contributed by atoms with Crippen molar-refractivity contribution in [2.24, 2.45) is 5.73 Å². The van der Waals surface area contributed by atoms with Crippen molar-refractivity contribution in [3.05, 3.63) is 76.3 Å². The number of primary amides is 1. The van der Waals surface area contributed by atoms with Crippen molar-refractivity contribution in [1.82, 2.24) is 4.98 Å². The fraction of sp³-hybridized carbons (Fsp3) is 0.105. The Morgan fingerprint density at radius 1 is 1.15 bits per heavy atom. The first-order valence-corrected chi connectivity index (χ1v) is 9.73. The van der Waals surface area contributed by atoms with Gasteiger partial charge in [-0.2, -0.15) is 0 Å². The highest BCUT2D eigenvalue weighted by Gasteiger charge is 2.12. The summed E-state index contributed by atoms with van der Waals surface area (Å²) in [6.07, 6.45) is 0. The van der Waals surface area contributed by atoms with E-state index in [2.05, 4.69) is 10.3 Å². The molecular weight excluding hydrogens is 366 g/mol.